The second-order valence-electron chi connectivity index (χ2n) is 9.67. The molecule has 3 aliphatic rings. The number of benzene rings is 1. The molecule has 3 atom stereocenters. The van der Waals surface area contributed by atoms with Gasteiger partial charge in [0.1, 0.15) is 0 Å². The Balaban J connectivity index is 1.05. The maximum Gasteiger partial charge on any atom is 0.247 e. The van der Waals surface area contributed by atoms with Crippen LogP contribution in [-0.2, 0) is 9.59 Å². The Kier molecular flexibility index (Phi) is 6.71. The lowest BCUT2D eigenvalue weighted by Gasteiger charge is -2.40. The second kappa shape index (κ2) is 10.0. The van der Waals surface area contributed by atoms with Gasteiger partial charge < -0.3 is 15.1 Å². The zero-order valence-electron chi connectivity index (χ0n) is 19.0. The summed E-state index contributed by atoms with van der Waals surface area (Å²) in [5, 5.41) is 18.2. The third-order valence-corrected chi connectivity index (χ3v) is 7.48. The summed E-state index contributed by atoms with van der Waals surface area (Å²) < 4.78 is 5.92. The van der Waals surface area contributed by atoms with E-state index < -0.39 is 0 Å². The van der Waals surface area contributed by atoms with Gasteiger partial charge in [0.25, 0.3) is 0 Å². The number of nitrogens with one attached hydrogen (secondary N) is 3. The number of carbonyl (C=O) groups is 2. The molecule has 2 aliphatic carbocycles. The first-order valence-corrected chi connectivity index (χ1v) is 12.4. The molecule has 1 aromatic carbocycles. The van der Waals surface area contributed by atoms with Crippen molar-refractivity contribution < 1.29 is 14.0 Å². The summed E-state index contributed by atoms with van der Waals surface area (Å²) in [5.41, 5.74) is 0.923. The number of amides is 2. The molecule has 1 saturated heterocycles. The smallest absolute Gasteiger partial charge is 0.247 e. The maximum absolute atomic E-state index is 12.7. The number of fused-ring (bicyclic) bond motifs is 1. The Morgan fingerprint density at radius 3 is 2.64 bits per heavy atom. The molecule has 0 spiro atoms. The van der Waals surface area contributed by atoms with Crippen molar-refractivity contribution in [2.24, 2.45) is 11.8 Å². The van der Waals surface area contributed by atoms with Crippen LogP contribution in [0.3, 0.4) is 0 Å². The van der Waals surface area contributed by atoms with Crippen LogP contribution in [0.2, 0.25) is 0 Å². The standard InChI is InChI=1S/C25H33N5O3/c31-22(26-15-14-21-27-20-9-5-4-8-19(20)23(32)28-21)16-10-12-18(13-11-16)25-30-29-24(33-25)17-6-2-1-3-7-17/h1-3,6-7,16,18-21,27H,4-5,8-15H2,(H,26,31)(H,28,32). The second-order valence-corrected chi connectivity index (χ2v) is 9.67. The average molecular weight is 452 g/mol. The van der Waals surface area contributed by atoms with Gasteiger partial charge in [-0.15, -0.1) is 10.2 Å². The molecule has 1 aromatic heterocycles. The van der Waals surface area contributed by atoms with Crippen molar-refractivity contribution in [3.8, 4) is 11.5 Å². The molecule has 1 aliphatic heterocycles. The van der Waals surface area contributed by atoms with E-state index in [1.54, 1.807) is 0 Å². The summed E-state index contributed by atoms with van der Waals surface area (Å²) in [7, 11) is 0. The van der Waals surface area contributed by atoms with Gasteiger partial charge in [-0.25, -0.2) is 0 Å². The summed E-state index contributed by atoms with van der Waals surface area (Å²) in [5.74, 6) is 1.85. The van der Waals surface area contributed by atoms with Gasteiger partial charge in [-0.1, -0.05) is 31.0 Å². The lowest BCUT2D eigenvalue weighted by molar-refractivity contribution is -0.130. The van der Waals surface area contributed by atoms with Gasteiger partial charge in [-0.05, 0) is 57.1 Å². The normalized spacial score (nSPS) is 29.7. The molecule has 33 heavy (non-hydrogen) atoms. The number of hydrogen-bond donors (Lipinski definition) is 3. The summed E-state index contributed by atoms with van der Waals surface area (Å²) in [6.07, 6.45) is 8.41. The van der Waals surface area contributed by atoms with Crippen molar-refractivity contribution in [1.29, 1.82) is 0 Å². The highest BCUT2D eigenvalue weighted by atomic mass is 16.4. The molecule has 0 bridgehead atoms. The highest BCUT2D eigenvalue weighted by Crippen LogP contribution is 2.36. The average Bonchev–Trinajstić information content (AvgIpc) is 3.35. The van der Waals surface area contributed by atoms with Crippen LogP contribution in [0.1, 0.15) is 69.6 Å². The summed E-state index contributed by atoms with van der Waals surface area (Å²) in [6, 6.07) is 10.1. The highest BCUT2D eigenvalue weighted by molar-refractivity contribution is 5.81. The largest absolute Gasteiger partial charge is 0.420 e. The molecule has 2 aromatic rings. The summed E-state index contributed by atoms with van der Waals surface area (Å²) >= 11 is 0. The van der Waals surface area contributed by atoms with Crippen molar-refractivity contribution >= 4 is 11.8 Å². The van der Waals surface area contributed by atoms with Crippen molar-refractivity contribution in [2.75, 3.05) is 6.54 Å². The first kappa shape index (κ1) is 22.1. The van der Waals surface area contributed by atoms with Crippen LogP contribution in [-0.4, -0.2) is 40.8 Å². The Hall–Kier alpha value is -2.74. The molecule has 3 fully saturated rings. The predicted octanol–water partition coefficient (Wildman–Crippen LogP) is 3.12. The van der Waals surface area contributed by atoms with Crippen molar-refractivity contribution in [3.05, 3.63) is 36.2 Å². The van der Waals surface area contributed by atoms with E-state index in [0.29, 0.717) is 24.7 Å². The van der Waals surface area contributed by atoms with E-state index in [2.05, 4.69) is 26.1 Å². The van der Waals surface area contributed by atoms with E-state index >= 15 is 0 Å². The van der Waals surface area contributed by atoms with E-state index in [-0.39, 0.29) is 41.8 Å². The van der Waals surface area contributed by atoms with Gasteiger partial charge in [0, 0.05) is 30.0 Å². The van der Waals surface area contributed by atoms with Crippen LogP contribution >= 0.6 is 0 Å². The molecule has 0 radical (unpaired) electrons. The van der Waals surface area contributed by atoms with Gasteiger partial charge >= 0.3 is 0 Å². The summed E-state index contributed by atoms with van der Waals surface area (Å²) in [6.45, 7) is 0.568. The molecular formula is C25H33N5O3. The highest BCUT2D eigenvalue weighted by Gasteiger charge is 2.37. The zero-order valence-corrected chi connectivity index (χ0v) is 19.0. The van der Waals surface area contributed by atoms with Crippen LogP contribution in [0.15, 0.2) is 34.7 Å². The van der Waals surface area contributed by atoms with Crippen LogP contribution in [0.5, 0.6) is 0 Å². The number of rotatable bonds is 6. The molecule has 3 N–H and O–H groups in total. The Labute approximate surface area is 194 Å². The van der Waals surface area contributed by atoms with E-state index in [9.17, 15) is 9.59 Å². The van der Waals surface area contributed by atoms with Crippen LogP contribution < -0.4 is 16.0 Å². The van der Waals surface area contributed by atoms with Gasteiger partial charge in [0.2, 0.25) is 23.6 Å². The van der Waals surface area contributed by atoms with E-state index in [1.165, 1.54) is 6.42 Å². The fourth-order valence-electron chi connectivity index (χ4n) is 5.56. The lowest BCUT2D eigenvalue weighted by atomic mass is 9.81. The first-order valence-electron chi connectivity index (χ1n) is 12.4. The van der Waals surface area contributed by atoms with Gasteiger partial charge in [0.15, 0.2) is 0 Å². The Morgan fingerprint density at radius 2 is 1.82 bits per heavy atom. The fourth-order valence-corrected chi connectivity index (χ4v) is 5.56. The Bertz CT molecular complexity index is 954. The van der Waals surface area contributed by atoms with Gasteiger partial charge in [-0.3, -0.25) is 14.9 Å². The third-order valence-electron chi connectivity index (χ3n) is 7.48. The number of hydrogen-bond acceptors (Lipinski definition) is 6. The van der Waals surface area contributed by atoms with Gasteiger partial charge in [0.05, 0.1) is 12.1 Å². The molecule has 2 saturated carbocycles. The predicted molar refractivity (Wildman–Crippen MR) is 123 cm³/mol. The number of nitrogens with zero attached hydrogens (tertiary/aromatic N) is 2. The van der Waals surface area contributed by atoms with Gasteiger partial charge in [-0.2, -0.15) is 0 Å². The number of aromatic nitrogens is 2. The molecule has 8 heteroatoms. The molecule has 8 nitrogen and oxygen atoms in total. The first-order chi connectivity index (χ1) is 16.2. The van der Waals surface area contributed by atoms with Crippen LogP contribution in [0.4, 0.5) is 0 Å². The monoisotopic (exact) mass is 451 g/mol. The molecule has 3 unspecified atom stereocenters. The SMILES string of the molecule is O=C(NCCC1NC(=O)C2CCCCC2N1)C1CCC(c2nnc(-c3ccccc3)o2)CC1. The van der Waals surface area contributed by atoms with Crippen molar-refractivity contribution in [1.82, 2.24) is 26.1 Å². The van der Waals surface area contributed by atoms with Crippen molar-refractivity contribution in [3.63, 3.8) is 0 Å². The third kappa shape index (κ3) is 5.11. The molecular weight excluding hydrogens is 418 g/mol. The quantitative estimate of drug-likeness (QED) is 0.623. The number of carbonyl (C=O) groups excluding carboxylic acids is 2. The Morgan fingerprint density at radius 1 is 1.03 bits per heavy atom. The van der Waals surface area contributed by atoms with E-state index in [4.69, 9.17) is 4.42 Å². The molecule has 2 heterocycles. The lowest BCUT2D eigenvalue weighted by Crippen LogP contribution is -2.62. The molecule has 5 rings (SSSR count). The minimum absolute atomic E-state index is 0.0226. The van der Waals surface area contributed by atoms with Crippen LogP contribution in [0.25, 0.3) is 11.5 Å². The van der Waals surface area contributed by atoms with Crippen LogP contribution in [0, 0.1) is 11.8 Å². The van der Waals surface area contributed by atoms with E-state index in [1.807, 2.05) is 30.3 Å². The molecule has 2 amide bonds. The molecule has 176 valence electrons. The fraction of sp³-hybridized carbons (Fsp3) is 0.600. The maximum atomic E-state index is 12.7. The minimum Gasteiger partial charge on any atom is -0.420 e. The van der Waals surface area contributed by atoms with E-state index in [0.717, 1.165) is 50.5 Å². The zero-order chi connectivity index (χ0) is 22.6. The minimum atomic E-state index is -0.0516. The topological polar surface area (TPSA) is 109 Å². The van der Waals surface area contributed by atoms with Crippen molar-refractivity contribution in [2.45, 2.75) is 75.9 Å². The summed E-state index contributed by atoms with van der Waals surface area (Å²) in [4.78, 5) is 25.1.